The standard InChI is InChI=1S/C14H11N3O5/c1-10(18)15(11-6-3-2-4-7-11)12-8-5-9-13(16(19)20)14(12)17(21)22/h2-9H,1H3. The third-order valence-electron chi connectivity index (χ3n) is 2.94. The maximum absolute atomic E-state index is 11.9. The number of nitrogens with zero attached hydrogens (tertiary/aromatic N) is 3. The molecule has 0 spiro atoms. The molecule has 0 atom stereocenters. The topological polar surface area (TPSA) is 107 Å². The number of carbonyl (C=O) groups is 1. The van der Waals surface area contributed by atoms with Crippen molar-refractivity contribution in [2.24, 2.45) is 0 Å². The van der Waals surface area contributed by atoms with E-state index in [-0.39, 0.29) is 5.69 Å². The van der Waals surface area contributed by atoms with Crippen molar-refractivity contribution in [2.45, 2.75) is 6.92 Å². The van der Waals surface area contributed by atoms with Gasteiger partial charge in [-0.2, -0.15) is 0 Å². The minimum absolute atomic E-state index is 0.141. The number of anilines is 2. The van der Waals surface area contributed by atoms with Gasteiger partial charge in [0.05, 0.1) is 9.85 Å². The smallest absolute Gasteiger partial charge is 0.274 e. The molecule has 0 aromatic heterocycles. The summed E-state index contributed by atoms with van der Waals surface area (Å²) in [6, 6.07) is 11.9. The number of hydrogen-bond acceptors (Lipinski definition) is 5. The summed E-state index contributed by atoms with van der Waals surface area (Å²) in [7, 11) is 0. The number of benzene rings is 2. The van der Waals surface area contributed by atoms with Gasteiger partial charge in [0.2, 0.25) is 5.91 Å². The average molecular weight is 301 g/mol. The highest BCUT2D eigenvalue weighted by molar-refractivity contribution is 6.02. The first-order valence-corrected chi connectivity index (χ1v) is 6.21. The van der Waals surface area contributed by atoms with Crippen molar-refractivity contribution in [2.75, 3.05) is 4.90 Å². The van der Waals surface area contributed by atoms with Crippen LogP contribution in [-0.2, 0) is 4.79 Å². The Morgan fingerprint density at radius 3 is 2.09 bits per heavy atom. The first-order chi connectivity index (χ1) is 10.4. The molecular weight excluding hydrogens is 290 g/mol. The molecule has 2 aromatic carbocycles. The zero-order valence-corrected chi connectivity index (χ0v) is 11.5. The summed E-state index contributed by atoms with van der Waals surface area (Å²) in [5.74, 6) is -0.491. The molecule has 0 N–H and O–H groups in total. The highest BCUT2D eigenvalue weighted by Gasteiger charge is 2.32. The second-order valence-corrected chi connectivity index (χ2v) is 4.35. The molecule has 0 heterocycles. The lowest BCUT2D eigenvalue weighted by Crippen LogP contribution is -2.23. The van der Waals surface area contributed by atoms with Gasteiger partial charge in [-0.3, -0.25) is 29.9 Å². The molecule has 8 heteroatoms. The number of hydrogen-bond donors (Lipinski definition) is 0. The molecule has 0 unspecified atom stereocenters. The third kappa shape index (κ3) is 2.75. The summed E-state index contributed by atoms with van der Waals surface area (Å²) in [5.41, 5.74) is -1.13. The van der Waals surface area contributed by atoms with E-state index in [9.17, 15) is 25.0 Å². The SMILES string of the molecule is CC(=O)N(c1ccccc1)c1cccc([N+](=O)[O-])c1[N+](=O)[O-]. The molecule has 2 rings (SSSR count). The van der Waals surface area contributed by atoms with Gasteiger partial charge in [-0.05, 0) is 18.2 Å². The normalized spacial score (nSPS) is 10.0. The van der Waals surface area contributed by atoms with E-state index in [2.05, 4.69) is 0 Å². The zero-order chi connectivity index (χ0) is 16.3. The van der Waals surface area contributed by atoms with Crippen LogP contribution in [0.25, 0.3) is 0 Å². The van der Waals surface area contributed by atoms with Crippen LogP contribution >= 0.6 is 0 Å². The van der Waals surface area contributed by atoms with Crippen LogP contribution < -0.4 is 4.90 Å². The van der Waals surface area contributed by atoms with E-state index in [1.54, 1.807) is 30.3 Å². The van der Waals surface area contributed by atoms with E-state index in [0.29, 0.717) is 5.69 Å². The van der Waals surface area contributed by atoms with Gasteiger partial charge < -0.3 is 0 Å². The van der Waals surface area contributed by atoms with Crippen molar-refractivity contribution in [3.63, 3.8) is 0 Å². The molecule has 2 aromatic rings. The van der Waals surface area contributed by atoms with Gasteiger partial charge >= 0.3 is 11.4 Å². The van der Waals surface area contributed by atoms with Gasteiger partial charge in [0, 0.05) is 18.7 Å². The van der Waals surface area contributed by atoms with Gasteiger partial charge in [-0.1, -0.05) is 24.3 Å². The zero-order valence-electron chi connectivity index (χ0n) is 11.5. The second kappa shape index (κ2) is 6.00. The first kappa shape index (κ1) is 15.1. The van der Waals surface area contributed by atoms with Crippen LogP contribution in [0.1, 0.15) is 6.92 Å². The van der Waals surface area contributed by atoms with Crippen molar-refractivity contribution in [1.82, 2.24) is 0 Å². The molecule has 0 aliphatic rings. The molecule has 0 bridgehead atoms. The van der Waals surface area contributed by atoms with Gasteiger partial charge in [-0.25, -0.2) is 0 Å². The van der Waals surface area contributed by atoms with Crippen LogP contribution in [0, 0.1) is 20.2 Å². The molecule has 22 heavy (non-hydrogen) atoms. The van der Waals surface area contributed by atoms with Crippen molar-refractivity contribution in [3.05, 3.63) is 68.8 Å². The van der Waals surface area contributed by atoms with E-state index in [1.807, 2.05) is 0 Å². The summed E-state index contributed by atoms with van der Waals surface area (Å²) >= 11 is 0. The molecule has 8 nitrogen and oxygen atoms in total. The summed E-state index contributed by atoms with van der Waals surface area (Å²) in [6.45, 7) is 1.23. The summed E-state index contributed by atoms with van der Waals surface area (Å²) in [5, 5.41) is 22.3. The highest BCUT2D eigenvalue weighted by Crippen LogP contribution is 2.39. The van der Waals surface area contributed by atoms with Crippen LogP contribution in [0.2, 0.25) is 0 Å². The van der Waals surface area contributed by atoms with E-state index >= 15 is 0 Å². The Morgan fingerprint density at radius 2 is 1.59 bits per heavy atom. The largest absolute Gasteiger partial charge is 0.369 e. The molecule has 0 fully saturated rings. The Hall–Kier alpha value is -3.29. The van der Waals surface area contributed by atoms with Crippen LogP contribution in [0.3, 0.4) is 0 Å². The predicted molar refractivity (Wildman–Crippen MR) is 79.0 cm³/mol. The number of nitro groups is 2. The Bertz CT molecular complexity index is 745. The van der Waals surface area contributed by atoms with Crippen LogP contribution in [0.5, 0.6) is 0 Å². The number of rotatable bonds is 4. The highest BCUT2D eigenvalue weighted by atomic mass is 16.6. The summed E-state index contributed by atoms with van der Waals surface area (Å²) in [4.78, 5) is 33.6. The molecule has 0 aliphatic carbocycles. The van der Waals surface area contributed by atoms with Gasteiger partial charge in [0.1, 0.15) is 5.69 Å². The molecule has 0 saturated carbocycles. The number of carbonyl (C=O) groups excluding carboxylic acids is 1. The lowest BCUT2D eigenvalue weighted by molar-refractivity contribution is -0.421. The van der Waals surface area contributed by atoms with Gasteiger partial charge in [0.15, 0.2) is 0 Å². The number of amides is 1. The maximum atomic E-state index is 11.9. The minimum Gasteiger partial charge on any atom is -0.274 e. The Morgan fingerprint density at radius 1 is 0.955 bits per heavy atom. The fraction of sp³-hybridized carbons (Fsp3) is 0.0714. The van der Waals surface area contributed by atoms with Gasteiger partial charge in [-0.15, -0.1) is 0 Å². The van der Waals surface area contributed by atoms with Crippen molar-refractivity contribution >= 4 is 28.7 Å². The summed E-state index contributed by atoms with van der Waals surface area (Å²) in [6.07, 6.45) is 0. The first-order valence-electron chi connectivity index (χ1n) is 6.21. The van der Waals surface area contributed by atoms with E-state index in [1.165, 1.54) is 19.1 Å². The van der Waals surface area contributed by atoms with Crippen LogP contribution in [0.15, 0.2) is 48.5 Å². The molecule has 0 aliphatic heterocycles. The predicted octanol–water partition coefficient (Wildman–Crippen LogP) is 3.19. The van der Waals surface area contributed by atoms with E-state index in [0.717, 1.165) is 11.0 Å². The second-order valence-electron chi connectivity index (χ2n) is 4.35. The number of para-hydroxylation sites is 2. The van der Waals surface area contributed by atoms with Crippen molar-refractivity contribution in [3.8, 4) is 0 Å². The lowest BCUT2D eigenvalue weighted by Gasteiger charge is -2.20. The lowest BCUT2D eigenvalue weighted by atomic mass is 10.2. The van der Waals surface area contributed by atoms with Gasteiger partial charge in [0.25, 0.3) is 0 Å². The quantitative estimate of drug-likeness (QED) is 0.636. The van der Waals surface area contributed by atoms with E-state index in [4.69, 9.17) is 0 Å². The minimum atomic E-state index is -0.855. The fourth-order valence-electron chi connectivity index (χ4n) is 2.10. The molecular formula is C14H11N3O5. The monoisotopic (exact) mass is 301 g/mol. The van der Waals surface area contributed by atoms with E-state index < -0.39 is 27.1 Å². The maximum Gasteiger partial charge on any atom is 0.369 e. The van der Waals surface area contributed by atoms with Crippen molar-refractivity contribution < 1.29 is 14.6 Å². The molecule has 1 amide bonds. The Labute approximate surface area is 124 Å². The molecule has 0 saturated heterocycles. The summed E-state index contributed by atoms with van der Waals surface area (Å²) < 4.78 is 0. The van der Waals surface area contributed by atoms with Crippen LogP contribution in [-0.4, -0.2) is 15.8 Å². The van der Waals surface area contributed by atoms with Crippen LogP contribution in [0.4, 0.5) is 22.7 Å². The molecule has 112 valence electrons. The fourth-order valence-corrected chi connectivity index (χ4v) is 2.10. The average Bonchev–Trinajstić information content (AvgIpc) is 2.47. The third-order valence-corrected chi connectivity index (χ3v) is 2.94. The Balaban J connectivity index is 2.73. The van der Waals surface area contributed by atoms with Crippen molar-refractivity contribution in [1.29, 1.82) is 0 Å². The molecule has 0 radical (unpaired) electrons. The number of nitro benzene ring substituents is 2. The Kier molecular flexibility index (Phi) is 4.12.